The Bertz CT molecular complexity index is 1610. The van der Waals surface area contributed by atoms with Crippen LogP contribution in [0.1, 0.15) is 47.1 Å². The topological polar surface area (TPSA) is 78.3 Å². The average Bonchev–Trinajstić information content (AvgIpc) is 2.83. The predicted molar refractivity (Wildman–Crippen MR) is 135 cm³/mol. The van der Waals surface area contributed by atoms with Gasteiger partial charge in [-0.3, -0.25) is 14.7 Å². The molecule has 4 aromatic rings. The van der Waals surface area contributed by atoms with Crippen LogP contribution in [0.15, 0.2) is 82.4 Å². The first-order chi connectivity index (χ1) is 17.4. The van der Waals surface area contributed by atoms with Gasteiger partial charge >= 0.3 is 5.69 Å². The quantitative estimate of drug-likeness (QED) is 0.469. The predicted octanol–water partition coefficient (Wildman–Crippen LogP) is 4.69. The molecule has 6 heteroatoms. The van der Waals surface area contributed by atoms with Crippen molar-refractivity contribution >= 4 is 17.2 Å². The Morgan fingerprint density at radius 1 is 0.971 bits per heavy atom. The maximum atomic E-state index is 13.9. The Labute approximate surface area is 202 Å². The molecule has 1 atom stereocenters. The number of nitrogens with zero attached hydrogens (tertiary/aromatic N) is 2. The third-order valence-corrected chi connectivity index (χ3v) is 6.08. The largest absolute Gasteiger partial charge is 0.392 e. The van der Waals surface area contributed by atoms with Gasteiger partial charge in [-0.05, 0) is 40.8 Å². The fourth-order valence-electron chi connectivity index (χ4n) is 4.29. The highest BCUT2D eigenvalue weighted by molar-refractivity contribution is 5.81. The SMILES string of the molecule is [2H]C1c2ccccc2N(c2ccc(C(C)(C)C)cc2)c2[nH]c(=O)n(-c3ccccc3C([2H])([2H])O)c(=O)c21. The van der Waals surface area contributed by atoms with Gasteiger partial charge in [-0.2, -0.15) is 0 Å². The molecule has 0 radical (unpaired) electrons. The van der Waals surface area contributed by atoms with Crippen molar-refractivity contribution in [3.63, 3.8) is 0 Å². The van der Waals surface area contributed by atoms with Gasteiger partial charge in [0.2, 0.25) is 0 Å². The molecule has 6 nitrogen and oxygen atoms in total. The Morgan fingerprint density at radius 2 is 1.62 bits per heavy atom. The van der Waals surface area contributed by atoms with Crippen LogP contribution in [0.2, 0.25) is 0 Å². The van der Waals surface area contributed by atoms with Crippen LogP contribution >= 0.6 is 0 Å². The van der Waals surface area contributed by atoms with E-state index in [9.17, 15) is 14.7 Å². The lowest BCUT2D eigenvalue weighted by atomic mass is 9.87. The number of aromatic nitrogens is 2. The number of H-pyrrole nitrogens is 1. The second-order valence-electron chi connectivity index (χ2n) is 9.30. The van der Waals surface area contributed by atoms with Gasteiger partial charge in [-0.25, -0.2) is 9.36 Å². The van der Waals surface area contributed by atoms with Gasteiger partial charge in [0.1, 0.15) is 5.82 Å². The number of hydrogen-bond donors (Lipinski definition) is 2. The van der Waals surface area contributed by atoms with Gasteiger partial charge in [-0.15, -0.1) is 0 Å². The van der Waals surface area contributed by atoms with Crippen LogP contribution in [0.4, 0.5) is 17.2 Å². The normalized spacial score (nSPS) is 16.8. The molecule has 5 rings (SSSR count). The van der Waals surface area contributed by atoms with E-state index >= 15 is 0 Å². The van der Waals surface area contributed by atoms with Crippen molar-refractivity contribution < 1.29 is 9.22 Å². The van der Waals surface area contributed by atoms with Crippen LogP contribution in [-0.4, -0.2) is 14.7 Å². The molecule has 34 heavy (non-hydrogen) atoms. The second-order valence-corrected chi connectivity index (χ2v) is 9.30. The van der Waals surface area contributed by atoms with Crippen molar-refractivity contribution in [1.82, 2.24) is 9.55 Å². The molecule has 2 heterocycles. The van der Waals surface area contributed by atoms with Crippen LogP contribution in [0.5, 0.6) is 0 Å². The number of hydrogen-bond acceptors (Lipinski definition) is 4. The molecule has 0 spiro atoms. The molecule has 0 aliphatic carbocycles. The number of para-hydroxylation sites is 2. The summed E-state index contributed by atoms with van der Waals surface area (Å²) in [7, 11) is 0. The molecule has 0 saturated carbocycles. The average molecular weight is 457 g/mol. The van der Waals surface area contributed by atoms with Crippen molar-refractivity contribution in [2.45, 2.75) is 39.1 Å². The summed E-state index contributed by atoms with van der Waals surface area (Å²) in [6, 6.07) is 20.9. The molecule has 2 N–H and O–H groups in total. The minimum absolute atomic E-state index is 0.0477. The summed E-state index contributed by atoms with van der Waals surface area (Å²) in [5.41, 5.74) is 1.24. The third kappa shape index (κ3) is 3.56. The monoisotopic (exact) mass is 456 g/mol. The molecule has 1 aliphatic heterocycles. The number of aliphatic hydroxyl groups is 1. The van der Waals surface area contributed by atoms with E-state index in [-0.39, 0.29) is 28.0 Å². The van der Waals surface area contributed by atoms with Crippen molar-refractivity contribution in [3.8, 4) is 5.69 Å². The molecule has 1 aliphatic rings. The van der Waals surface area contributed by atoms with Crippen LogP contribution in [0, 0.1) is 0 Å². The molecule has 1 aromatic heterocycles. The Morgan fingerprint density at radius 3 is 2.29 bits per heavy atom. The molecule has 1 unspecified atom stereocenters. The van der Waals surface area contributed by atoms with Gasteiger partial charge in [-0.1, -0.05) is 69.3 Å². The summed E-state index contributed by atoms with van der Waals surface area (Å²) in [5, 5.41) is 10.1. The maximum Gasteiger partial charge on any atom is 0.334 e. The molecule has 0 fully saturated rings. The molecule has 0 amide bonds. The van der Waals surface area contributed by atoms with Crippen LogP contribution in [-0.2, 0) is 18.4 Å². The number of benzene rings is 3. The number of aromatic amines is 1. The first kappa shape index (κ1) is 18.5. The maximum absolute atomic E-state index is 13.9. The zero-order valence-electron chi connectivity index (χ0n) is 22.2. The van der Waals surface area contributed by atoms with Crippen LogP contribution in [0.3, 0.4) is 0 Å². The van der Waals surface area contributed by atoms with E-state index < -0.39 is 24.2 Å². The fourth-order valence-corrected chi connectivity index (χ4v) is 4.29. The molecule has 0 bridgehead atoms. The lowest BCUT2D eigenvalue weighted by Gasteiger charge is -2.33. The lowest BCUT2D eigenvalue weighted by molar-refractivity contribution is 0.281. The number of nitrogens with one attached hydrogen (secondary N) is 1. The van der Waals surface area contributed by atoms with Gasteiger partial charge in [0.05, 0.1) is 26.2 Å². The number of anilines is 3. The van der Waals surface area contributed by atoms with Crippen molar-refractivity contribution in [2.75, 3.05) is 4.90 Å². The Kier molecular flexibility index (Phi) is 4.44. The van der Waals surface area contributed by atoms with Gasteiger partial charge < -0.3 is 5.11 Å². The summed E-state index contributed by atoms with van der Waals surface area (Å²) < 4.78 is 25.3. The highest BCUT2D eigenvalue weighted by atomic mass is 16.3. The summed E-state index contributed by atoms with van der Waals surface area (Å²) >= 11 is 0. The molecular formula is C28H27N3O3. The van der Waals surface area contributed by atoms with Crippen molar-refractivity contribution in [3.05, 3.63) is 116 Å². The fraction of sp³-hybridized carbons (Fsp3) is 0.214. The van der Waals surface area contributed by atoms with E-state index in [4.69, 9.17) is 4.11 Å². The van der Waals surface area contributed by atoms with E-state index in [0.29, 0.717) is 16.9 Å². The van der Waals surface area contributed by atoms with Crippen LogP contribution < -0.4 is 16.1 Å². The molecule has 172 valence electrons. The number of rotatable bonds is 3. The van der Waals surface area contributed by atoms with E-state index in [0.717, 1.165) is 10.1 Å². The lowest BCUT2D eigenvalue weighted by Crippen LogP contribution is -2.40. The summed E-state index contributed by atoms with van der Waals surface area (Å²) in [5.74, 6) is 0.193. The zero-order chi connectivity index (χ0) is 26.7. The molecule has 0 saturated heterocycles. The van der Waals surface area contributed by atoms with E-state index in [1.165, 1.54) is 18.2 Å². The van der Waals surface area contributed by atoms with E-state index in [1.807, 2.05) is 36.4 Å². The molecular weight excluding hydrogens is 426 g/mol. The first-order valence-electron chi connectivity index (χ1n) is 12.6. The number of fused-ring (bicyclic) bond motifs is 2. The summed E-state index contributed by atoms with van der Waals surface area (Å²) in [6.45, 7) is 3.56. The van der Waals surface area contributed by atoms with Gasteiger partial charge in [0.25, 0.3) is 5.56 Å². The van der Waals surface area contributed by atoms with Gasteiger partial charge in [0.15, 0.2) is 0 Å². The highest BCUT2D eigenvalue weighted by Crippen LogP contribution is 2.41. The second kappa shape index (κ2) is 8.15. The Hall–Kier alpha value is -3.90. The summed E-state index contributed by atoms with van der Waals surface area (Å²) in [6.07, 6.45) is -1.09. The van der Waals surface area contributed by atoms with Crippen molar-refractivity contribution in [1.29, 1.82) is 0 Å². The highest BCUT2D eigenvalue weighted by Gasteiger charge is 2.29. The van der Waals surface area contributed by atoms with E-state index in [1.54, 1.807) is 23.1 Å². The van der Waals surface area contributed by atoms with Gasteiger partial charge in [0, 0.05) is 19.0 Å². The van der Waals surface area contributed by atoms with Crippen molar-refractivity contribution in [2.24, 2.45) is 0 Å². The zero-order valence-corrected chi connectivity index (χ0v) is 19.2. The smallest absolute Gasteiger partial charge is 0.334 e. The standard InChI is InChI=1S/C28H27N3O3/c1-28(2,3)20-12-14-21(15-13-20)30-23-10-6-4-8-18(23)16-22-25(30)29-27(34)31(26(22)33)24-11-7-5-9-19(24)17-32/h4-15,32H,16-17H2,1-3H3,(H,29,34)/i16D,17D2. The minimum atomic E-state index is -2.79. The Balaban J connectivity index is 1.79. The van der Waals surface area contributed by atoms with Crippen LogP contribution in [0.25, 0.3) is 5.69 Å². The first-order valence-corrected chi connectivity index (χ1v) is 11.0. The third-order valence-electron chi connectivity index (χ3n) is 6.08. The molecule has 3 aromatic carbocycles. The minimum Gasteiger partial charge on any atom is -0.392 e. The summed E-state index contributed by atoms with van der Waals surface area (Å²) in [4.78, 5) is 31.8. The van der Waals surface area contributed by atoms with E-state index in [2.05, 4.69) is 25.8 Å².